The summed E-state index contributed by atoms with van der Waals surface area (Å²) in [6.45, 7) is 6.46. The summed E-state index contributed by atoms with van der Waals surface area (Å²) in [6.07, 6.45) is 4.63. The number of carbonyl (C=O) groups is 1. The third-order valence-corrected chi connectivity index (χ3v) is 3.94. The van der Waals surface area contributed by atoms with Crippen LogP contribution in [0.5, 0.6) is 0 Å². The number of fused-ring (bicyclic) bond motifs is 1. The lowest BCUT2D eigenvalue weighted by Crippen LogP contribution is -2.41. The molecule has 0 unspecified atom stereocenters. The number of thiazole rings is 1. The molecule has 0 bridgehead atoms. The summed E-state index contributed by atoms with van der Waals surface area (Å²) in [7, 11) is 0. The molecule has 1 aromatic heterocycles. The van der Waals surface area contributed by atoms with E-state index < -0.39 is 0 Å². The van der Waals surface area contributed by atoms with Gasteiger partial charge in [-0.2, -0.15) is 0 Å². The second-order valence-corrected chi connectivity index (χ2v) is 6.83. The molecule has 0 radical (unpaired) electrons. The number of carbonyl (C=O) groups excluding carboxylic acids is 1. The molecule has 4 nitrogen and oxygen atoms in total. The Morgan fingerprint density at radius 1 is 1.33 bits per heavy atom. The quantitative estimate of drug-likeness (QED) is 0.884. The molecule has 0 aromatic carbocycles. The van der Waals surface area contributed by atoms with Crippen molar-refractivity contribution in [3.8, 4) is 0 Å². The van der Waals surface area contributed by atoms with Crippen molar-refractivity contribution in [1.82, 2.24) is 10.3 Å². The van der Waals surface area contributed by atoms with Gasteiger partial charge in [-0.25, -0.2) is 4.98 Å². The average Bonchev–Trinajstić information content (AvgIpc) is 2.67. The fraction of sp³-hybridized carbons (Fsp3) is 0.692. The second-order valence-electron chi connectivity index (χ2n) is 5.75. The van der Waals surface area contributed by atoms with Crippen molar-refractivity contribution in [2.75, 3.05) is 11.9 Å². The maximum absolute atomic E-state index is 11.8. The molecule has 0 fully saturated rings. The van der Waals surface area contributed by atoms with Crippen molar-refractivity contribution in [3.63, 3.8) is 0 Å². The minimum Gasteiger partial charge on any atom is -0.304 e. The van der Waals surface area contributed by atoms with E-state index in [1.54, 1.807) is 11.3 Å². The topological polar surface area (TPSA) is 54.0 Å². The summed E-state index contributed by atoms with van der Waals surface area (Å²) in [4.78, 5) is 17.6. The average molecular weight is 267 g/mol. The highest BCUT2D eigenvalue weighted by Gasteiger charge is 2.17. The molecule has 0 spiro atoms. The van der Waals surface area contributed by atoms with Gasteiger partial charge in [0.25, 0.3) is 0 Å². The van der Waals surface area contributed by atoms with Crippen LogP contribution in [-0.4, -0.2) is 23.0 Å². The molecule has 1 aromatic rings. The van der Waals surface area contributed by atoms with Crippen LogP contribution in [0, 0.1) is 0 Å². The first-order valence-corrected chi connectivity index (χ1v) is 7.29. The van der Waals surface area contributed by atoms with Gasteiger partial charge >= 0.3 is 0 Å². The van der Waals surface area contributed by atoms with Gasteiger partial charge in [-0.1, -0.05) is 0 Å². The van der Waals surface area contributed by atoms with Crippen LogP contribution in [-0.2, 0) is 17.6 Å². The number of nitrogens with zero attached hydrogens (tertiary/aromatic N) is 1. The van der Waals surface area contributed by atoms with E-state index in [0.29, 0.717) is 6.54 Å². The van der Waals surface area contributed by atoms with Crippen LogP contribution in [0.15, 0.2) is 0 Å². The summed E-state index contributed by atoms with van der Waals surface area (Å²) in [5.41, 5.74) is 1.14. The predicted molar refractivity (Wildman–Crippen MR) is 75.1 cm³/mol. The van der Waals surface area contributed by atoms with Gasteiger partial charge in [0.2, 0.25) is 5.91 Å². The van der Waals surface area contributed by atoms with Gasteiger partial charge in [-0.05, 0) is 46.5 Å². The van der Waals surface area contributed by atoms with Crippen molar-refractivity contribution >= 4 is 22.4 Å². The molecular weight excluding hydrogens is 246 g/mol. The summed E-state index contributed by atoms with van der Waals surface area (Å²) < 4.78 is 0. The van der Waals surface area contributed by atoms with Crippen LogP contribution in [0.1, 0.15) is 44.2 Å². The number of aryl methyl sites for hydroxylation is 2. The van der Waals surface area contributed by atoms with Crippen LogP contribution in [0.4, 0.5) is 5.13 Å². The molecule has 18 heavy (non-hydrogen) atoms. The Morgan fingerprint density at radius 3 is 2.72 bits per heavy atom. The van der Waals surface area contributed by atoms with Crippen LogP contribution < -0.4 is 10.6 Å². The molecule has 1 aliphatic rings. The lowest BCUT2D eigenvalue weighted by Gasteiger charge is -2.19. The third kappa shape index (κ3) is 3.78. The maximum atomic E-state index is 11.8. The Bertz CT molecular complexity index is 410. The summed E-state index contributed by atoms with van der Waals surface area (Å²) in [5, 5.41) is 6.80. The van der Waals surface area contributed by atoms with Crippen molar-refractivity contribution in [2.24, 2.45) is 0 Å². The standard InChI is InChI=1S/C13H21N3OS/c1-13(2,3)14-8-11(17)16-12-15-9-6-4-5-7-10(9)18-12/h14H,4-8H2,1-3H3,(H,15,16,17). The smallest absolute Gasteiger partial charge is 0.240 e. The summed E-state index contributed by atoms with van der Waals surface area (Å²) >= 11 is 1.63. The molecule has 2 N–H and O–H groups in total. The first-order chi connectivity index (χ1) is 8.44. The zero-order valence-corrected chi connectivity index (χ0v) is 12.1. The highest BCUT2D eigenvalue weighted by Crippen LogP contribution is 2.29. The Kier molecular flexibility index (Phi) is 4.02. The van der Waals surface area contributed by atoms with E-state index in [1.807, 2.05) is 20.8 Å². The largest absolute Gasteiger partial charge is 0.304 e. The third-order valence-electron chi connectivity index (χ3n) is 2.87. The van der Waals surface area contributed by atoms with E-state index in [1.165, 1.54) is 23.4 Å². The zero-order chi connectivity index (χ0) is 13.2. The van der Waals surface area contributed by atoms with E-state index >= 15 is 0 Å². The Balaban J connectivity index is 1.89. The van der Waals surface area contributed by atoms with E-state index in [4.69, 9.17) is 0 Å². The van der Waals surface area contributed by atoms with E-state index in [-0.39, 0.29) is 11.4 Å². The number of aromatic nitrogens is 1. The fourth-order valence-corrected chi connectivity index (χ4v) is 2.98. The van der Waals surface area contributed by atoms with Gasteiger partial charge in [0.05, 0.1) is 12.2 Å². The predicted octanol–water partition coefficient (Wildman–Crippen LogP) is 2.35. The van der Waals surface area contributed by atoms with Crippen molar-refractivity contribution in [3.05, 3.63) is 10.6 Å². The summed E-state index contributed by atoms with van der Waals surface area (Å²) in [5.74, 6) is -0.0176. The first-order valence-electron chi connectivity index (χ1n) is 6.47. The van der Waals surface area contributed by atoms with Crippen LogP contribution >= 0.6 is 11.3 Å². The molecular formula is C13H21N3OS. The Morgan fingerprint density at radius 2 is 2.06 bits per heavy atom. The Labute approximate surface area is 112 Å². The maximum Gasteiger partial charge on any atom is 0.240 e. The number of amides is 1. The highest BCUT2D eigenvalue weighted by molar-refractivity contribution is 7.15. The number of anilines is 1. The SMILES string of the molecule is CC(C)(C)NCC(=O)Nc1nc2c(s1)CCCC2. The van der Waals surface area contributed by atoms with Gasteiger partial charge in [0.1, 0.15) is 0 Å². The minimum absolute atomic E-state index is 0.0176. The number of hydrogen-bond acceptors (Lipinski definition) is 4. The summed E-state index contributed by atoms with van der Waals surface area (Å²) in [6, 6.07) is 0. The van der Waals surface area contributed by atoms with Gasteiger partial charge in [0.15, 0.2) is 5.13 Å². The molecule has 0 atom stereocenters. The molecule has 0 saturated heterocycles. The Hall–Kier alpha value is -0.940. The molecule has 1 amide bonds. The van der Waals surface area contributed by atoms with Crippen molar-refractivity contribution in [2.45, 2.75) is 52.0 Å². The molecule has 0 saturated carbocycles. The number of nitrogens with one attached hydrogen (secondary N) is 2. The first kappa shape index (κ1) is 13.5. The van der Waals surface area contributed by atoms with Crippen LogP contribution in [0.2, 0.25) is 0 Å². The fourth-order valence-electron chi connectivity index (χ4n) is 1.91. The van der Waals surface area contributed by atoms with Gasteiger partial charge in [0, 0.05) is 10.4 Å². The van der Waals surface area contributed by atoms with Crippen LogP contribution in [0.25, 0.3) is 0 Å². The molecule has 5 heteroatoms. The molecule has 1 heterocycles. The lowest BCUT2D eigenvalue weighted by atomic mass is 10.0. The zero-order valence-electron chi connectivity index (χ0n) is 11.3. The van der Waals surface area contributed by atoms with Crippen molar-refractivity contribution < 1.29 is 4.79 Å². The van der Waals surface area contributed by atoms with Crippen molar-refractivity contribution in [1.29, 1.82) is 0 Å². The minimum atomic E-state index is -0.0422. The number of rotatable bonds is 3. The van der Waals surface area contributed by atoms with E-state index in [0.717, 1.165) is 18.0 Å². The molecule has 100 valence electrons. The van der Waals surface area contributed by atoms with E-state index in [9.17, 15) is 4.79 Å². The highest BCUT2D eigenvalue weighted by atomic mass is 32.1. The van der Waals surface area contributed by atoms with E-state index in [2.05, 4.69) is 15.6 Å². The van der Waals surface area contributed by atoms with Gasteiger partial charge in [-0.15, -0.1) is 11.3 Å². The normalized spacial score (nSPS) is 15.3. The monoisotopic (exact) mass is 267 g/mol. The van der Waals surface area contributed by atoms with Crippen LogP contribution in [0.3, 0.4) is 0 Å². The molecule has 0 aliphatic heterocycles. The molecule has 1 aliphatic carbocycles. The lowest BCUT2D eigenvalue weighted by molar-refractivity contribution is -0.115. The van der Waals surface area contributed by atoms with Gasteiger partial charge in [-0.3, -0.25) is 4.79 Å². The van der Waals surface area contributed by atoms with Gasteiger partial charge < -0.3 is 10.6 Å². The number of hydrogen-bond donors (Lipinski definition) is 2. The molecule has 2 rings (SSSR count). The second kappa shape index (κ2) is 5.36.